The summed E-state index contributed by atoms with van der Waals surface area (Å²) in [6.07, 6.45) is -2.73. The minimum Gasteiger partial charge on any atom is -0.446 e. The van der Waals surface area contributed by atoms with Gasteiger partial charge in [-0.15, -0.1) is 0 Å². The van der Waals surface area contributed by atoms with Crippen LogP contribution in [0.4, 0.5) is 4.79 Å². The molecule has 2 heterocycles. The van der Waals surface area contributed by atoms with Crippen molar-refractivity contribution in [2.75, 3.05) is 6.61 Å². The maximum Gasteiger partial charge on any atom is 0.419 e. The van der Waals surface area contributed by atoms with Gasteiger partial charge in [-0.05, 0) is 0 Å². The molecule has 1 aromatic heterocycles. The number of carbonyl (C=O) groups is 1. The average Bonchev–Trinajstić information content (AvgIpc) is 3.01. The van der Waals surface area contributed by atoms with Crippen LogP contribution in [0.5, 0.6) is 0 Å². The van der Waals surface area contributed by atoms with Crippen LogP contribution < -0.4 is 0 Å². The number of aromatic nitrogens is 2. The Balaban J connectivity index is 2.05. The lowest BCUT2D eigenvalue weighted by molar-refractivity contribution is -0.364. The van der Waals surface area contributed by atoms with Crippen molar-refractivity contribution in [3.05, 3.63) is 18.7 Å². The predicted octanol–water partition coefficient (Wildman–Crippen LogP) is -1.31. The van der Waals surface area contributed by atoms with Gasteiger partial charge in [0.25, 0.3) is 0 Å². The van der Waals surface area contributed by atoms with E-state index in [4.69, 9.17) is 9.47 Å². The highest BCUT2D eigenvalue weighted by Gasteiger charge is 2.54. The van der Waals surface area contributed by atoms with Gasteiger partial charge in [-0.3, -0.25) is 0 Å². The van der Waals surface area contributed by atoms with E-state index in [1.807, 2.05) is 0 Å². The van der Waals surface area contributed by atoms with Gasteiger partial charge in [0.15, 0.2) is 5.79 Å². The van der Waals surface area contributed by atoms with Crippen molar-refractivity contribution in [3.8, 4) is 0 Å². The average molecular weight is 316 g/mol. The van der Waals surface area contributed by atoms with Crippen molar-refractivity contribution in [2.45, 2.75) is 44.1 Å². The van der Waals surface area contributed by atoms with Crippen LogP contribution >= 0.6 is 0 Å². The van der Waals surface area contributed by atoms with Crippen LogP contribution in [0.3, 0.4) is 0 Å². The van der Waals surface area contributed by atoms with Crippen molar-refractivity contribution in [3.63, 3.8) is 0 Å². The fraction of sp³-hybridized carbons (Fsp3) is 0.692. The Morgan fingerprint density at radius 1 is 1.41 bits per heavy atom. The first-order valence-electron chi connectivity index (χ1n) is 6.86. The van der Waals surface area contributed by atoms with Crippen molar-refractivity contribution >= 4 is 6.09 Å². The summed E-state index contributed by atoms with van der Waals surface area (Å²) in [6.45, 7) is 2.77. The Bertz CT molecular complexity index is 506. The van der Waals surface area contributed by atoms with E-state index >= 15 is 0 Å². The standard InChI is InChI=1S/C13H20N2O7/c1-7(2)13(20)11(18)10(17)9(16)8(22-13)5-21-12(19)15-4-3-14-6-15/h3-4,6-11,16-18,20H,5H2,1-2H3. The van der Waals surface area contributed by atoms with Crippen LogP contribution in [-0.2, 0) is 9.47 Å². The minimum atomic E-state index is -2.05. The first kappa shape index (κ1) is 16.8. The molecular formula is C13H20N2O7. The molecule has 5 unspecified atom stereocenters. The molecule has 0 saturated carbocycles. The zero-order valence-electron chi connectivity index (χ0n) is 12.2. The summed E-state index contributed by atoms with van der Waals surface area (Å²) in [5.41, 5.74) is 0. The topological polar surface area (TPSA) is 134 Å². The molecule has 0 radical (unpaired) electrons. The second-order valence-corrected chi connectivity index (χ2v) is 5.54. The molecule has 9 heteroatoms. The summed E-state index contributed by atoms with van der Waals surface area (Å²) in [6, 6.07) is 0. The molecule has 1 aliphatic rings. The molecule has 1 saturated heterocycles. The Morgan fingerprint density at radius 2 is 2.09 bits per heavy atom. The third-order valence-electron chi connectivity index (χ3n) is 3.73. The second kappa shape index (κ2) is 6.31. The molecule has 0 amide bonds. The molecule has 1 aliphatic heterocycles. The van der Waals surface area contributed by atoms with E-state index in [0.29, 0.717) is 0 Å². The molecular weight excluding hydrogens is 296 g/mol. The van der Waals surface area contributed by atoms with E-state index < -0.39 is 48.8 Å². The Labute approximate surface area is 126 Å². The monoisotopic (exact) mass is 316 g/mol. The van der Waals surface area contributed by atoms with Crippen LogP contribution in [0.2, 0.25) is 0 Å². The lowest BCUT2D eigenvalue weighted by atomic mass is 9.86. The van der Waals surface area contributed by atoms with E-state index in [1.54, 1.807) is 13.8 Å². The largest absolute Gasteiger partial charge is 0.446 e. The van der Waals surface area contributed by atoms with Gasteiger partial charge in [0.1, 0.15) is 37.4 Å². The highest BCUT2D eigenvalue weighted by Crippen LogP contribution is 2.33. The lowest BCUT2D eigenvalue weighted by Gasteiger charge is -2.47. The zero-order chi connectivity index (χ0) is 16.5. The number of ether oxygens (including phenoxy) is 2. The molecule has 0 aliphatic carbocycles. The molecule has 4 N–H and O–H groups in total. The smallest absolute Gasteiger partial charge is 0.419 e. The van der Waals surface area contributed by atoms with Crippen LogP contribution in [0.1, 0.15) is 13.8 Å². The van der Waals surface area contributed by atoms with Crippen LogP contribution in [0, 0.1) is 5.92 Å². The normalized spacial score (nSPS) is 35.6. The quantitative estimate of drug-likeness (QED) is 0.540. The molecule has 0 bridgehead atoms. The lowest BCUT2D eigenvalue weighted by Crippen LogP contribution is -2.67. The summed E-state index contributed by atoms with van der Waals surface area (Å²) in [5, 5.41) is 40.0. The Hall–Kier alpha value is -1.52. The number of carbonyl (C=O) groups excluding carboxylic acids is 1. The Kier molecular flexibility index (Phi) is 4.83. The number of imidazole rings is 1. The van der Waals surface area contributed by atoms with Crippen molar-refractivity contribution in [1.29, 1.82) is 0 Å². The summed E-state index contributed by atoms with van der Waals surface area (Å²) in [5.74, 6) is -2.61. The van der Waals surface area contributed by atoms with E-state index in [2.05, 4.69) is 4.98 Å². The summed E-state index contributed by atoms with van der Waals surface area (Å²) in [7, 11) is 0. The summed E-state index contributed by atoms with van der Waals surface area (Å²) < 4.78 is 11.3. The highest BCUT2D eigenvalue weighted by atomic mass is 16.7. The van der Waals surface area contributed by atoms with Gasteiger partial charge in [-0.2, -0.15) is 0 Å². The number of nitrogens with zero attached hydrogens (tertiary/aromatic N) is 2. The third-order valence-corrected chi connectivity index (χ3v) is 3.73. The van der Waals surface area contributed by atoms with Crippen molar-refractivity contribution in [1.82, 2.24) is 9.55 Å². The van der Waals surface area contributed by atoms with E-state index in [1.165, 1.54) is 18.7 Å². The number of hydrogen-bond acceptors (Lipinski definition) is 8. The third kappa shape index (κ3) is 2.99. The molecule has 2 rings (SSSR count). The zero-order valence-corrected chi connectivity index (χ0v) is 12.2. The van der Waals surface area contributed by atoms with E-state index in [9.17, 15) is 25.2 Å². The Morgan fingerprint density at radius 3 is 2.64 bits per heavy atom. The SMILES string of the molecule is CC(C)C1(O)OC(COC(=O)n2ccnc2)C(O)C(O)C1O. The van der Waals surface area contributed by atoms with Crippen molar-refractivity contribution < 1.29 is 34.7 Å². The predicted molar refractivity (Wildman–Crippen MR) is 71.7 cm³/mol. The maximum absolute atomic E-state index is 11.7. The number of rotatable bonds is 3. The first-order chi connectivity index (χ1) is 10.3. The minimum absolute atomic E-state index is 0.406. The van der Waals surface area contributed by atoms with Gasteiger partial charge in [-0.1, -0.05) is 13.8 Å². The molecule has 0 spiro atoms. The molecule has 1 aromatic rings. The van der Waals surface area contributed by atoms with Crippen molar-refractivity contribution in [2.24, 2.45) is 5.92 Å². The van der Waals surface area contributed by atoms with E-state index in [-0.39, 0.29) is 0 Å². The molecule has 0 aromatic carbocycles. The summed E-state index contributed by atoms with van der Waals surface area (Å²) in [4.78, 5) is 15.4. The van der Waals surface area contributed by atoms with Gasteiger partial charge in [0, 0.05) is 18.3 Å². The number of hydrogen-bond donors (Lipinski definition) is 4. The summed E-state index contributed by atoms with van der Waals surface area (Å²) >= 11 is 0. The molecule has 5 atom stereocenters. The number of aliphatic hydroxyl groups is 4. The van der Waals surface area contributed by atoms with Crippen LogP contribution in [0.15, 0.2) is 18.7 Å². The fourth-order valence-electron chi connectivity index (χ4n) is 2.24. The molecule has 22 heavy (non-hydrogen) atoms. The van der Waals surface area contributed by atoms with Gasteiger partial charge in [0.05, 0.1) is 0 Å². The van der Waals surface area contributed by atoms with Gasteiger partial charge < -0.3 is 29.9 Å². The van der Waals surface area contributed by atoms with Gasteiger partial charge >= 0.3 is 6.09 Å². The molecule has 9 nitrogen and oxygen atoms in total. The first-order valence-corrected chi connectivity index (χ1v) is 6.86. The van der Waals surface area contributed by atoms with Crippen LogP contribution in [0.25, 0.3) is 0 Å². The van der Waals surface area contributed by atoms with Gasteiger partial charge in [0.2, 0.25) is 0 Å². The fourth-order valence-corrected chi connectivity index (χ4v) is 2.24. The van der Waals surface area contributed by atoms with Gasteiger partial charge in [-0.25, -0.2) is 14.3 Å². The molecule has 124 valence electrons. The molecule has 1 fully saturated rings. The van der Waals surface area contributed by atoms with E-state index in [0.717, 1.165) is 4.57 Å². The van der Waals surface area contributed by atoms with Crippen LogP contribution in [-0.4, -0.2) is 72.9 Å². The highest BCUT2D eigenvalue weighted by molar-refractivity contribution is 5.69. The second-order valence-electron chi connectivity index (χ2n) is 5.54. The number of aliphatic hydroxyl groups excluding tert-OH is 3. The maximum atomic E-state index is 11.7.